The second-order valence-corrected chi connectivity index (χ2v) is 5.94. The van der Waals surface area contributed by atoms with Crippen LogP contribution in [0.25, 0.3) is 10.9 Å². The van der Waals surface area contributed by atoms with Crippen LogP contribution in [0.15, 0.2) is 47.3 Å². The first-order valence-electron chi connectivity index (χ1n) is 6.59. The van der Waals surface area contributed by atoms with Crippen LogP contribution in [0.1, 0.15) is 12.5 Å². The number of thiophene rings is 1. The number of hydrogen-bond acceptors (Lipinski definition) is 4. The highest BCUT2D eigenvalue weighted by molar-refractivity contribution is 7.08. The Kier molecular flexibility index (Phi) is 3.61. The summed E-state index contributed by atoms with van der Waals surface area (Å²) >= 11 is 1.55. The number of nitrogens with one attached hydrogen (secondary N) is 1. The van der Waals surface area contributed by atoms with Crippen LogP contribution in [0.4, 0.5) is 10.1 Å². The summed E-state index contributed by atoms with van der Waals surface area (Å²) in [7, 11) is 0. The van der Waals surface area contributed by atoms with Gasteiger partial charge in [-0.1, -0.05) is 0 Å². The predicted molar refractivity (Wildman–Crippen MR) is 84.1 cm³/mol. The van der Waals surface area contributed by atoms with Gasteiger partial charge in [0.05, 0.1) is 5.52 Å². The normalized spacial score (nSPS) is 14.0. The third-order valence-corrected chi connectivity index (χ3v) is 4.15. The Morgan fingerprint density at radius 3 is 2.95 bits per heavy atom. The van der Waals surface area contributed by atoms with E-state index in [-0.39, 0.29) is 5.82 Å². The van der Waals surface area contributed by atoms with Crippen molar-refractivity contribution in [3.63, 3.8) is 0 Å². The van der Waals surface area contributed by atoms with Crippen molar-refractivity contribution in [3.8, 4) is 0 Å². The number of halogens is 1. The highest BCUT2D eigenvalue weighted by Crippen LogP contribution is 2.26. The number of fused-ring (bicyclic) bond motifs is 1. The lowest BCUT2D eigenvalue weighted by atomic mass is 9.99. The van der Waals surface area contributed by atoms with Crippen molar-refractivity contribution in [2.24, 2.45) is 0 Å². The number of hydrogen-bond donors (Lipinski definition) is 2. The summed E-state index contributed by atoms with van der Waals surface area (Å²) in [4.78, 5) is 4.16. The minimum atomic E-state index is -0.963. The first-order chi connectivity index (χ1) is 10.1. The number of pyridine rings is 1. The SMILES string of the molecule is CC(O)(CNc1ccnc2cc(F)ccc12)c1ccsc1. The molecular weight excluding hydrogens is 287 g/mol. The molecule has 1 aromatic carbocycles. The van der Waals surface area contributed by atoms with E-state index in [1.165, 1.54) is 12.1 Å². The molecule has 0 aliphatic carbocycles. The molecule has 5 heteroatoms. The van der Waals surface area contributed by atoms with Crippen LogP contribution >= 0.6 is 11.3 Å². The van der Waals surface area contributed by atoms with Crippen LogP contribution in [0.5, 0.6) is 0 Å². The average molecular weight is 302 g/mol. The number of nitrogens with zero attached hydrogens (tertiary/aromatic N) is 1. The summed E-state index contributed by atoms with van der Waals surface area (Å²) in [5, 5.41) is 18.5. The third kappa shape index (κ3) is 2.89. The van der Waals surface area contributed by atoms with Gasteiger partial charge < -0.3 is 10.4 Å². The minimum Gasteiger partial charge on any atom is -0.384 e. The highest BCUT2D eigenvalue weighted by Gasteiger charge is 2.23. The molecular formula is C16H15FN2OS. The van der Waals surface area contributed by atoms with Crippen LogP contribution in [-0.2, 0) is 5.60 Å². The largest absolute Gasteiger partial charge is 0.384 e. The molecule has 0 radical (unpaired) electrons. The van der Waals surface area contributed by atoms with E-state index < -0.39 is 5.60 Å². The molecule has 1 unspecified atom stereocenters. The van der Waals surface area contributed by atoms with E-state index in [9.17, 15) is 9.50 Å². The fraction of sp³-hybridized carbons (Fsp3) is 0.188. The van der Waals surface area contributed by atoms with Gasteiger partial charge in [0.2, 0.25) is 0 Å². The van der Waals surface area contributed by atoms with Crippen LogP contribution in [-0.4, -0.2) is 16.6 Å². The number of anilines is 1. The Morgan fingerprint density at radius 2 is 2.19 bits per heavy atom. The summed E-state index contributed by atoms with van der Waals surface area (Å²) in [5.41, 5.74) is 1.34. The van der Waals surface area contributed by atoms with Crippen LogP contribution in [0, 0.1) is 5.82 Å². The molecule has 0 saturated carbocycles. The van der Waals surface area contributed by atoms with Crippen LogP contribution in [0.3, 0.4) is 0 Å². The van der Waals surface area contributed by atoms with Crippen molar-refractivity contribution < 1.29 is 9.50 Å². The molecule has 0 fully saturated rings. The molecule has 0 spiro atoms. The molecule has 3 nitrogen and oxygen atoms in total. The van der Waals surface area contributed by atoms with Gasteiger partial charge in [-0.25, -0.2) is 4.39 Å². The smallest absolute Gasteiger partial charge is 0.125 e. The standard InChI is InChI=1S/C16H15FN2OS/c1-16(20,11-5-7-21-9-11)10-19-14-4-6-18-15-8-12(17)2-3-13(14)15/h2-9,20H,10H2,1H3,(H,18,19). The molecule has 0 bridgehead atoms. The highest BCUT2D eigenvalue weighted by atomic mass is 32.1. The van der Waals surface area contributed by atoms with Crippen molar-refractivity contribution in [2.45, 2.75) is 12.5 Å². The number of aromatic nitrogens is 1. The fourth-order valence-electron chi connectivity index (χ4n) is 2.22. The van der Waals surface area contributed by atoms with Gasteiger partial charge in [0.25, 0.3) is 0 Å². The van der Waals surface area contributed by atoms with Gasteiger partial charge in [-0.15, -0.1) is 0 Å². The zero-order chi connectivity index (χ0) is 14.9. The van der Waals surface area contributed by atoms with E-state index in [1.54, 1.807) is 30.5 Å². The molecule has 2 N–H and O–H groups in total. The Morgan fingerprint density at radius 1 is 1.33 bits per heavy atom. The Balaban J connectivity index is 1.86. The molecule has 0 aliphatic rings. The zero-order valence-corrected chi connectivity index (χ0v) is 12.3. The molecule has 3 rings (SSSR count). The molecule has 0 saturated heterocycles. The van der Waals surface area contributed by atoms with E-state index >= 15 is 0 Å². The summed E-state index contributed by atoms with van der Waals surface area (Å²) in [5.74, 6) is -0.308. The molecule has 108 valence electrons. The predicted octanol–water partition coefficient (Wildman–Crippen LogP) is 3.76. The molecule has 0 amide bonds. The summed E-state index contributed by atoms with van der Waals surface area (Å²) in [6.07, 6.45) is 1.63. The summed E-state index contributed by atoms with van der Waals surface area (Å²) in [6, 6.07) is 8.24. The van der Waals surface area contributed by atoms with E-state index in [1.807, 2.05) is 22.9 Å². The number of aliphatic hydroxyl groups is 1. The van der Waals surface area contributed by atoms with Gasteiger partial charge >= 0.3 is 0 Å². The van der Waals surface area contributed by atoms with Gasteiger partial charge in [0, 0.05) is 29.9 Å². The molecule has 0 aliphatic heterocycles. The monoisotopic (exact) mass is 302 g/mol. The summed E-state index contributed by atoms with van der Waals surface area (Å²) < 4.78 is 13.2. The van der Waals surface area contributed by atoms with Gasteiger partial charge in [0.1, 0.15) is 11.4 Å². The zero-order valence-electron chi connectivity index (χ0n) is 11.5. The lowest BCUT2D eigenvalue weighted by molar-refractivity contribution is 0.0720. The number of rotatable bonds is 4. The van der Waals surface area contributed by atoms with Gasteiger partial charge in [-0.05, 0) is 47.5 Å². The fourth-order valence-corrected chi connectivity index (χ4v) is 3.00. The second-order valence-electron chi connectivity index (χ2n) is 5.16. The Hall–Kier alpha value is -1.98. The maximum Gasteiger partial charge on any atom is 0.125 e. The van der Waals surface area contributed by atoms with Crippen molar-refractivity contribution in [3.05, 3.63) is 58.7 Å². The molecule has 2 heterocycles. The van der Waals surface area contributed by atoms with Crippen molar-refractivity contribution in [1.82, 2.24) is 4.98 Å². The molecule has 21 heavy (non-hydrogen) atoms. The maximum absolute atomic E-state index is 13.2. The lowest BCUT2D eigenvalue weighted by Gasteiger charge is -2.24. The van der Waals surface area contributed by atoms with E-state index in [2.05, 4.69) is 10.3 Å². The maximum atomic E-state index is 13.2. The quantitative estimate of drug-likeness (QED) is 0.771. The average Bonchev–Trinajstić information content (AvgIpc) is 2.99. The Bertz CT molecular complexity index is 756. The Labute approximate surface area is 126 Å². The van der Waals surface area contributed by atoms with Gasteiger partial charge in [-0.2, -0.15) is 11.3 Å². The molecule has 1 atom stereocenters. The van der Waals surface area contributed by atoms with Crippen LogP contribution < -0.4 is 5.32 Å². The summed E-state index contributed by atoms with van der Waals surface area (Å²) in [6.45, 7) is 2.13. The second kappa shape index (κ2) is 5.42. The van der Waals surface area contributed by atoms with E-state index in [0.717, 1.165) is 16.6 Å². The van der Waals surface area contributed by atoms with E-state index in [4.69, 9.17) is 0 Å². The molecule has 2 aromatic heterocycles. The van der Waals surface area contributed by atoms with Crippen molar-refractivity contribution >= 4 is 27.9 Å². The van der Waals surface area contributed by atoms with E-state index in [0.29, 0.717) is 12.1 Å². The van der Waals surface area contributed by atoms with Crippen molar-refractivity contribution in [2.75, 3.05) is 11.9 Å². The van der Waals surface area contributed by atoms with Crippen molar-refractivity contribution in [1.29, 1.82) is 0 Å². The first kappa shape index (κ1) is 14.0. The van der Waals surface area contributed by atoms with Gasteiger partial charge in [0.15, 0.2) is 0 Å². The number of benzene rings is 1. The third-order valence-electron chi connectivity index (χ3n) is 3.47. The first-order valence-corrected chi connectivity index (χ1v) is 7.54. The van der Waals surface area contributed by atoms with Crippen LogP contribution in [0.2, 0.25) is 0 Å². The lowest BCUT2D eigenvalue weighted by Crippen LogP contribution is -2.30. The topological polar surface area (TPSA) is 45.1 Å². The minimum absolute atomic E-state index is 0.308. The van der Waals surface area contributed by atoms with Gasteiger partial charge in [-0.3, -0.25) is 4.98 Å². The molecule has 3 aromatic rings.